The van der Waals surface area contributed by atoms with E-state index in [4.69, 9.17) is 11.6 Å². The molecule has 1 heterocycles. The molecule has 0 saturated carbocycles. The maximum atomic E-state index is 14.1. The molecule has 154 valence electrons. The Morgan fingerprint density at radius 2 is 1.79 bits per heavy atom. The van der Waals surface area contributed by atoms with Crippen LogP contribution in [0, 0.1) is 5.82 Å². The molecule has 2 aromatic carbocycles. The predicted molar refractivity (Wildman–Crippen MR) is 120 cm³/mol. The summed E-state index contributed by atoms with van der Waals surface area (Å²) in [6.07, 6.45) is 1.99. The lowest BCUT2D eigenvalue weighted by Gasteiger charge is -2.31. The number of amides is 1. The minimum absolute atomic E-state index is 0.0875. The van der Waals surface area contributed by atoms with Gasteiger partial charge in [-0.1, -0.05) is 35.9 Å². The third-order valence-electron chi connectivity index (χ3n) is 4.89. The van der Waals surface area contributed by atoms with Crippen LogP contribution in [0.3, 0.4) is 0 Å². The zero-order valence-corrected chi connectivity index (χ0v) is 18.7. The van der Waals surface area contributed by atoms with Crippen molar-refractivity contribution in [2.24, 2.45) is 0 Å². The van der Waals surface area contributed by atoms with E-state index in [1.807, 2.05) is 67.6 Å². The van der Waals surface area contributed by atoms with Gasteiger partial charge in [-0.15, -0.1) is 11.8 Å². The molecule has 1 amide bonds. The summed E-state index contributed by atoms with van der Waals surface area (Å²) in [5, 5.41) is 1.49. The first-order valence-corrected chi connectivity index (χ1v) is 11.1. The molecule has 0 spiro atoms. The number of rotatable bonds is 7. The van der Waals surface area contributed by atoms with Crippen LogP contribution in [0.25, 0.3) is 10.9 Å². The highest BCUT2D eigenvalue weighted by Crippen LogP contribution is 2.34. The predicted octanol–water partition coefficient (Wildman–Crippen LogP) is 6.37. The molecule has 0 aliphatic rings. The first-order valence-electron chi connectivity index (χ1n) is 9.74. The number of carbonyl (C=O) groups is 1. The van der Waals surface area contributed by atoms with Crippen LogP contribution in [0.5, 0.6) is 0 Å². The van der Waals surface area contributed by atoms with E-state index in [2.05, 4.69) is 0 Å². The Kier molecular flexibility index (Phi) is 6.91. The van der Waals surface area contributed by atoms with Crippen LogP contribution in [0.15, 0.2) is 53.6 Å². The van der Waals surface area contributed by atoms with Crippen molar-refractivity contribution >= 4 is 40.2 Å². The van der Waals surface area contributed by atoms with Crippen molar-refractivity contribution in [1.29, 1.82) is 0 Å². The molecule has 0 aliphatic carbocycles. The van der Waals surface area contributed by atoms with Crippen molar-refractivity contribution in [3.8, 4) is 0 Å². The second-order valence-corrected chi connectivity index (χ2v) is 9.04. The molecule has 29 heavy (non-hydrogen) atoms. The van der Waals surface area contributed by atoms with E-state index in [9.17, 15) is 9.18 Å². The molecule has 6 heteroatoms. The highest BCUT2D eigenvalue weighted by molar-refractivity contribution is 7.98. The SMILES string of the molecule is CC(C)N(C(=O)Cn1cc(SCc2c(F)cccc2Cl)c2ccccc21)C(C)C. The summed E-state index contributed by atoms with van der Waals surface area (Å²) < 4.78 is 16.1. The average Bonchev–Trinajstić information content (AvgIpc) is 2.98. The average molecular weight is 433 g/mol. The lowest BCUT2D eigenvalue weighted by Crippen LogP contribution is -2.43. The summed E-state index contributed by atoms with van der Waals surface area (Å²) in [4.78, 5) is 15.9. The Bertz CT molecular complexity index is 987. The fourth-order valence-electron chi connectivity index (χ4n) is 3.68. The van der Waals surface area contributed by atoms with E-state index in [0.29, 0.717) is 16.3 Å². The van der Waals surface area contributed by atoms with Crippen molar-refractivity contribution in [2.75, 3.05) is 0 Å². The van der Waals surface area contributed by atoms with Crippen molar-refractivity contribution in [3.05, 3.63) is 65.1 Å². The molecule has 0 unspecified atom stereocenters. The maximum absolute atomic E-state index is 14.1. The Labute approximate surface area is 180 Å². The Morgan fingerprint density at radius 3 is 2.45 bits per heavy atom. The van der Waals surface area contributed by atoms with Crippen molar-refractivity contribution in [3.63, 3.8) is 0 Å². The zero-order valence-electron chi connectivity index (χ0n) is 17.2. The monoisotopic (exact) mass is 432 g/mol. The Morgan fingerprint density at radius 1 is 1.10 bits per heavy atom. The molecule has 0 radical (unpaired) electrons. The number of hydrogen-bond acceptors (Lipinski definition) is 2. The van der Waals surface area contributed by atoms with Gasteiger partial charge in [-0.3, -0.25) is 4.79 Å². The molecule has 0 atom stereocenters. The van der Waals surface area contributed by atoms with E-state index < -0.39 is 0 Å². The second kappa shape index (κ2) is 9.23. The van der Waals surface area contributed by atoms with Gasteiger partial charge in [0.2, 0.25) is 5.91 Å². The largest absolute Gasteiger partial charge is 0.337 e. The molecule has 3 rings (SSSR count). The minimum Gasteiger partial charge on any atom is -0.337 e. The van der Waals surface area contributed by atoms with Gasteiger partial charge in [0.25, 0.3) is 0 Å². The topological polar surface area (TPSA) is 25.2 Å². The van der Waals surface area contributed by atoms with Crippen LogP contribution in [0.1, 0.15) is 33.3 Å². The quantitative estimate of drug-likeness (QED) is 0.405. The van der Waals surface area contributed by atoms with Gasteiger partial charge in [0.15, 0.2) is 0 Å². The van der Waals surface area contributed by atoms with Crippen molar-refractivity contribution < 1.29 is 9.18 Å². The van der Waals surface area contributed by atoms with Gasteiger partial charge in [-0.2, -0.15) is 0 Å². The van der Waals surface area contributed by atoms with Crippen LogP contribution in [0.4, 0.5) is 4.39 Å². The molecule has 1 aromatic heterocycles. The zero-order chi connectivity index (χ0) is 21.1. The number of halogens is 2. The van der Waals surface area contributed by atoms with Crippen LogP contribution < -0.4 is 0 Å². The van der Waals surface area contributed by atoms with Crippen LogP contribution >= 0.6 is 23.4 Å². The van der Waals surface area contributed by atoms with Gasteiger partial charge in [-0.05, 0) is 45.9 Å². The van der Waals surface area contributed by atoms with Gasteiger partial charge < -0.3 is 9.47 Å². The molecular formula is C23H26ClFN2OS. The number of hydrogen-bond donors (Lipinski definition) is 0. The van der Waals surface area contributed by atoms with Crippen LogP contribution in [-0.4, -0.2) is 27.5 Å². The smallest absolute Gasteiger partial charge is 0.242 e. The van der Waals surface area contributed by atoms with E-state index in [1.54, 1.807) is 12.1 Å². The first-order chi connectivity index (χ1) is 13.8. The van der Waals surface area contributed by atoms with E-state index in [1.165, 1.54) is 17.8 Å². The number of fused-ring (bicyclic) bond motifs is 1. The van der Waals surface area contributed by atoms with Crippen molar-refractivity contribution in [1.82, 2.24) is 9.47 Å². The summed E-state index contributed by atoms with van der Waals surface area (Å²) in [5.74, 6) is 0.218. The van der Waals surface area contributed by atoms with Crippen LogP contribution in [0.2, 0.25) is 5.02 Å². The van der Waals surface area contributed by atoms with Gasteiger partial charge >= 0.3 is 0 Å². The molecule has 0 aliphatic heterocycles. The summed E-state index contributed by atoms with van der Waals surface area (Å²) in [5.41, 5.74) is 1.49. The van der Waals surface area contributed by atoms with E-state index in [0.717, 1.165) is 15.8 Å². The van der Waals surface area contributed by atoms with Gasteiger partial charge in [0.05, 0.1) is 0 Å². The number of para-hydroxylation sites is 1. The van der Waals surface area contributed by atoms with Gasteiger partial charge in [-0.25, -0.2) is 4.39 Å². The lowest BCUT2D eigenvalue weighted by molar-refractivity contribution is -0.135. The standard InChI is InChI=1S/C23H26ClFN2OS/c1-15(2)27(16(3)4)23(28)13-26-12-22(17-8-5-6-11-21(17)26)29-14-18-19(24)9-7-10-20(18)25/h5-12,15-16H,13-14H2,1-4H3. The maximum Gasteiger partial charge on any atom is 0.242 e. The highest BCUT2D eigenvalue weighted by Gasteiger charge is 2.21. The second-order valence-electron chi connectivity index (χ2n) is 7.62. The number of aromatic nitrogens is 1. The summed E-state index contributed by atoms with van der Waals surface area (Å²) in [6, 6.07) is 13.0. The van der Waals surface area contributed by atoms with Gasteiger partial charge in [0, 0.05) is 50.4 Å². The summed E-state index contributed by atoms with van der Waals surface area (Å²) >= 11 is 7.70. The number of carbonyl (C=O) groups excluding carboxylic acids is 1. The molecular weight excluding hydrogens is 407 g/mol. The van der Waals surface area contributed by atoms with E-state index in [-0.39, 0.29) is 30.4 Å². The minimum atomic E-state index is -0.298. The summed E-state index contributed by atoms with van der Waals surface area (Å²) in [6.45, 7) is 8.41. The van der Waals surface area contributed by atoms with Gasteiger partial charge in [0.1, 0.15) is 12.4 Å². The fraction of sp³-hybridized carbons (Fsp3) is 0.348. The lowest BCUT2D eigenvalue weighted by atomic mass is 10.2. The van der Waals surface area contributed by atoms with E-state index >= 15 is 0 Å². The molecule has 3 nitrogen and oxygen atoms in total. The number of thioether (sulfide) groups is 1. The number of benzene rings is 2. The van der Waals surface area contributed by atoms with Crippen molar-refractivity contribution in [2.45, 2.75) is 57.0 Å². The molecule has 0 saturated heterocycles. The highest BCUT2D eigenvalue weighted by atomic mass is 35.5. The fourth-order valence-corrected chi connectivity index (χ4v) is 5.11. The third kappa shape index (κ3) is 4.78. The molecule has 3 aromatic rings. The first kappa shape index (κ1) is 21.7. The molecule has 0 N–H and O–H groups in total. The molecule has 0 bridgehead atoms. The Hall–Kier alpha value is -1.98. The number of nitrogens with zero attached hydrogens (tertiary/aromatic N) is 2. The Balaban J connectivity index is 1.88. The normalized spacial score (nSPS) is 11.6. The third-order valence-corrected chi connectivity index (χ3v) is 6.32. The summed E-state index contributed by atoms with van der Waals surface area (Å²) in [7, 11) is 0. The van der Waals surface area contributed by atoms with Crippen LogP contribution in [-0.2, 0) is 17.1 Å². The molecule has 0 fully saturated rings.